The number of ether oxygens (including phenoxy) is 1. The molecule has 1 amide bonds. The Morgan fingerprint density at radius 1 is 1.15 bits per heavy atom. The Balaban J connectivity index is 1.48. The van der Waals surface area contributed by atoms with Crippen LogP contribution < -0.4 is 10.4 Å². The lowest BCUT2D eigenvalue weighted by Crippen LogP contribution is -2.42. The monoisotopic (exact) mass is 463 g/mol. The van der Waals surface area contributed by atoms with Crippen molar-refractivity contribution in [3.8, 4) is 5.75 Å². The number of rotatable bonds is 4. The van der Waals surface area contributed by atoms with Crippen LogP contribution in [0, 0.1) is 13.8 Å². The first-order valence-corrected chi connectivity index (χ1v) is 12.1. The van der Waals surface area contributed by atoms with Crippen LogP contribution in [0.4, 0.5) is 0 Å². The van der Waals surface area contributed by atoms with Crippen molar-refractivity contribution in [1.29, 1.82) is 0 Å². The van der Waals surface area contributed by atoms with Gasteiger partial charge in [-0.25, -0.2) is 4.79 Å². The highest BCUT2D eigenvalue weighted by Crippen LogP contribution is 2.32. The Labute approximate surface area is 195 Å². The van der Waals surface area contributed by atoms with Crippen LogP contribution in [0.3, 0.4) is 0 Å². The molecule has 3 heterocycles. The first-order chi connectivity index (χ1) is 16.0. The molecule has 0 spiro atoms. The molecule has 6 nitrogen and oxygen atoms in total. The summed E-state index contributed by atoms with van der Waals surface area (Å²) in [5, 5.41) is 1.81. The van der Waals surface area contributed by atoms with Crippen molar-refractivity contribution in [1.82, 2.24) is 4.90 Å². The van der Waals surface area contributed by atoms with Crippen molar-refractivity contribution in [3.63, 3.8) is 0 Å². The molecule has 4 aromatic rings. The molecule has 0 aliphatic carbocycles. The van der Waals surface area contributed by atoms with Gasteiger partial charge in [0.25, 0.3) is 0 Å². The number of hydrogen-bond acceptors (Lipinski definition) is 6. The molecule has 0 N–H and O–H groups in total. The van der Waals surface area contributed by atoms with E-state index >= 15 is 0 Å². The van der Waals surface area contributed by atoms with Crippen LogP contribution in [-0.2, 0) is 11.2 Å². The zero-order valence-corrected chi connectivity index (χ0v) is 19.7. The molecule has 33 heavy (non-hydrogen) atoms. The first-order valence-electron chi connectivity index (χ1n) is 10.9. The van der Waals surface area contributed by atoms with E-state index in [0.717, 1.165) is 44.7 Å². The Kier molecular flexibility index (Phi) is 5.66. The number of benzene rings is 2. The number of aryl methyl sites for hydroxylation is 2. The summed E-state index contributed by atoms with van der Waals surface area (Å²) in [7, 11) is 1.64. The van der Waals surface area contributed by atoms with Crippen LogP contribution in [0.15, 0.2) is 56.3 Å². The van der Waals surface area contributed by atoms with E-state index in [1.54, 1.807) is 19.4 Å². The lowest BCUT2D eigenvalue weighted by Gasteiger charge is -2.36. The minimum atomic E-state index is -0.469. The third-order valence-corrected chi connectivity index (χ3v) is 7.48. The molecule has 170 valence electrons. The smallest absolute Gasteiger partial charge is 0.340 e. The van der Waals surface area contributed by atoms with Crippen molar-refractivity contribution in [3.05, 3.63) is 75.3 Å². The molecule has 7 heteroatoms. The van der Waals surface area contributed by atoms with E-state index in [-0.39, 0.29) is 18.4 Å². The number of fused-ring (bicyclic) bond motifs is 2. The van der Waals surface area contributed by atoms with Gasteiger partial charge in [-0.3, -0.25) is 4.79 Å². The summed E-state index contributed by atoms with van der Waals surface area (Å²) >= 11 is 1.83. The van der Waals surface area contributed by atoms with E-state index in [2.05, 4.69) is 0 Å². The lowest BCUT2D eigenvalue weighted by atomic mass is 10.0. The van der Waals surface area contributed by atoms with Crippen molar-refractivity contribution < 1.29 is 18.4 Å². The summed E-state index contributed by atoms with van der Waals surface area (Å²) in [6.07, 6.45) is 1.71. The highest BCUT2D eigenvalue weighted by atomic mass is 32.2. The molecule has 0 radical (unpaired) electrons. The summed E-state index contributed by atoms with van der Waals surface area (Å²) in [6.45, 7) is 4.51. The second-order valence-electron chi connectivity index (χ2n) is 8.38. The van der Waals surface area contributed by atoms with E-state index in [0.29, 0.717) is 23.3 Å². The minimum absolute atomic E-state index is 0.0177. The van der Waals surface area contributed by atoms with Gasteiger partial charge in [0.2, 0.25) is 5.91 Å². The maximum absolute atomic E-state index is 13.4. The molecule has 1 unspecified atom stereocenters. The number of carbonyl (C=O) groups is 1. The Hall–Kier alpha value is -3.19. The second kappa shape index (κ2) is 8.63. The Morgan fingerprint density at radius 2 is 1.94 bits per heavy atom. The Morgan fingerprint density at radius 3 is 2.70 bits per heavy atom. The third-order valence-electron chi connectivity index (χ3n) is 6.45. The predicted octanol–water partition coefficient (Wildman–Crippen LogP) is 5.02. The van der Waals surface area contributed by atoms with E-state index in [1.807, 2.05) is 60.8 Å². The molecule has 0 saturated carbocycles. The van der Waals surface area contributed by atoms with Crippen LogP contribution >= 0.6 is 11.8 Å². The van der Waals surface area contributed by atoms with Gasteiger partial charge in [-0.1, -0.05) is 12.1 Å². The van der Waals surface area contributed by atoms with Crippen LogP contribution in [0.5, 0.6) is 5.75 Å². The maximum atomic E-state index is 13.4. The number of nitrogens with zero attached hydrogens (tertiary/aromatic N) is 1. The third kappa shape index (κ3) is 3.91. The minimum Gasteiger partial charge on any atom is -0.497 e. The number of thioether (sulfide) groups is 1. The van der Waals surface area contributed by atoms with Gasteiger partial charge in [-0.05, 0) is 48.7 Å². The normalized spacial score (nSPS) is 16.5. The molecular formula is C26H25NO5S. The fraction of sp³-hybridized carbons (Fsp3) is 0.308. The van der Waals surface area contributed by atoms with Crippen molar-refractivity contribution in [2.75, 3.05) is 25.2 Å². The highest BCUT2D eigenvalue weighted by Gasteiger charge is 2.29. The van der Waals surface area contributed by atoms with Gasteiger partial charge in [0.15, 0.2) is 0 Å². The first kappa shape index (κ1) is 21.6. The van der Waals surface area contributed by atoms with Crippen molar-refractivity contribution in [2.45, 2.75) is 26.3 Å². The maximum Gasteiger partial charge on any atom is 0.340 e. The average Bonchev–Trinajstić information content (AvgIpc) is 3.20. The summed E-state index contributed by atoms with van der Waals surface area (Å²) in [5.41, 5.74) is 3.97. The fourth-order valence-corrected chi connectivity index (χ4v) is 5.59. The number of amides is 1. The number of hydrogen-bond donors (Lipinski definition) is 0. The largest absolute Gasteiger partial charge is 0.497 e. The zero-order chi connectivity index (χ0) is 23.1. The van der Waals surface area contributed by atoms with Gasteiger partial charge in [0.05, 0.1) is 31.4 Å². The summed E-state index contributed by atoms with van der Waals surface area (Å²) < 4.78 is 16.4. The SMILES string of the molecule is COc1ccc(C2CSCCN2C(=O)Cc2c(C)c3cc4c(C)coc4cc3oc2=O)cc1. The molecule has 2 aromatic carbocycles. The Bertz CT molecular complexity index is 1400. The van der Waals surface area contributed by atoms with Gasteiger partial charge in [0.1, 0.15) is 16.9 Å². The van der Waals surface area contributed by atoms with E-state index in [1.165, 1.54) is 0 Å². The molecular weight excluding hydrogens is 438 g/mol. The topological polar surface area (TPSA) is 72.9 Å². The van der Waals surface area contributed by atoms with Gasteiger partial charge in [-0.2, -0.15) is 11.8 Å². The molecule has 1 fully saturated rings. The number of furan rings is 1. The zero-order valence-electron chi connectivity index (χ0n) is 18.8. The van der Waals surface area contributed by atoms with Crippen LogP contribution in [0.1, 0.15) is 28.3 Å². The van der Waals surface area contributed by atoms with E-state index in [4.69, 9.17) is 13.6 Å². The van der Waals surface area contributed by atoms with Gasteiger partial charge < -0.3 is 18.5 Å². The highest BCUT2D eigenvalue weighted by molar-refractivity contribution is 7.99. The fourth-order valence-electron chi connectivity index (χ4n) is 4.50. The quantitative estimate of drug-likeness (QED) is 0.396. The second-order valence-corrected chi connectivity index (χ2v) is 9.53. The molecule has 2 aromatic heterocycles. The number of carbonyl (C=O) groups excluding carboxylic acids is 1. The molecule has 1 atom stereocenters. The summed E-state index contributed by atoms with van der Waals surface area (Å²) in [5.74, 6) is 2.42. The molecule has 5 rings (SSSR count). The predicted molar refractivity (Wildman–Crippen MR) is 130 cm³/mol. The van der Waals surface area contributed by atoms with Gasteiger partial charge in [-0.15, -0.1) is 0 Å². The van der Waals surface area contributed by atoms with E-state index < -0.39 is 5.63 Å². The van der Waals surface area contributed by atoms with Gasteiger partial charge >= 0.3 is 5.63 Å². The van der Waals surface area contributed by atoms with Crippen LogP contribution in [-0.4, -0.2) is 36.0 Å². The van der Waals surface area contributed by atoms with Crippen LogP contribution in [0.2, 0.25) is 0 Å². The lowest BCUT2D eigenvalue weighted by molar-refractivity contribution is -0.132. The molecule has 1 saturated heterocycles. The van der Waals surface area contributed by atoms with Crippen LogP contribution in [0.25, 0.3) is 21.9 Å². The summed E-state index contributed by atoms with van der Waals surface area (Å²) in [6, 6.07) is 11.5. The van der Waals surface area contributed by atoms with Crippen molar-refractivity contribution >= 4 is 39.6 Å². The van der Waals surface area contributed by atoms with Gasteiger partial charge in [0, 0.05) is 34.9 Å². The molecule has 1 aliphatic heterocycles. The number of methoxy groups -OCH3 is 1. The molecule has 0 bridgehead atoms. The standard InChI is InChI=1S/C26H25NO5S/c1-15-13-31-23-12-24-20(10-19(15)23)16(2)21(26(29)32-24)11-25(28)27-8-9-33-14-22(27)17-4-6-18(30-3)7-5-17/h4-7,10,12-13,22H,8-9,11,14H2,1-3H3. The average molecular weight is 464 g/mol. The van der Waals surface area contributed by atoms with E-state index in [9.17, 15) is 9.59 Å². The molecule has 1 aliphatic rings. The summed E-state index contributed by atoms with van der Waals surface area (Å²) in [4.78, 5) is 28.2. The van der Waals surface area contributed by atoms with Crippen molar-refractivity contribution in [2.24, 2.45) is 0 Å².